The minimum Gasteiger partial charge on any atom is -0.465 e. The molecule has 1 saturated heterocycles. The first-order valence-electron chi connectivity index (χ1n) is 6.10. The van der Waals surface area contributed by atoms with Gasteiger partial charge >= 0.3 is 12.3 Å². The average molecular weight is 291 g/mol. The molecule has 1 aromatic rings. The lowest BCUT2D eigenvalue weighted by Gasteiger charge is -2.34. The normalized spacial score (nSPS) is 23.7. The highest BCUT2D eigenvalue weighted by Crippen LogP contribution is 2.40. The highest BCUT2D eigenvalue weighted by Gasteiger charge is 2.38. The van der Waals surface area contributed by atoms with Crippen molar-refractivity contribution in [3.05, 3.63) is 35.4 Å². The van der Waals surface area contributed by atoms with Crippen LogP contribution in [0.4, 0.5) is 22.4 Å². The van der Waals surface area contributed by atoms with E-state index in [1.54, 1.807) is 0 Å². The van der Waals surface area contributed by atoms with E-state index in [1.165, 1.54) is 18.2 Å². The molecule has 1 N–H and O–H groups in total. The van der Waals surface area contributed by atoms with Crippen LogP contribution >= 0.6 is 0 Å². The van der Waals surface area contributed by atoms with Crippen LogP contribution in [0.25, 0.3) is 0 Å². The lowest BCUT2D eigenvalue weighted by molar-refractivity contribution is -0.138. The van der Waals surface area contributed by atoms with Crippen LogP contribution in [0.2, 0.25) is 0 Å². The number of piperidine rings is 1. The summed E-state index contributed by atoms with van der Waals surface area (Å²) in [6, 6.07) is 5.05. The van der Waals surface area contributed by atoms with Crippen LogP contribution in [0.15, 0.2) is 24.3 Å². The first-order valence-corrected chi connectivity index (χ1v) is 6.10. The van der Waals surface area contributed by atoms with Gasteiger partial charge in [0.1, 0.15) is 0 Å². The summed E-state index contributed by atoms with van der Waals surface area (Å²) in [5.74, 6) is -0.626. The molecule has 0 radical (unpaired) electrons. The summed E-state index contributed by atoms with van der Waals surface area (Å²) in [6.07, 6.45) is -7.72. The predicted molar refractivity (Wildman–Crippen MR) is 63.0 cm³/mol. The molecule has 7 heteroatoms. The Balaban J connectivity index is 2.24. The van der Waals surface area contributed by atoms with Crippen molar-refractivity contribution in [2.75, 3.05) is 6.54 Å². The van der Waals surface area contributed by atoms with Gasteiger partial charge in [0.05, 0.1) is 5.56 Å². The number of amides is 1. The summed E-state index contributed by atoms with van der Waals surface area (Å²) in [7, 11) is 0. The Labute approximate surface area is 112 Å². The Bertz CT molecular complexity index is 503. The topological polar surface area (TPSA) is 40.5 Å². The Morgan fingerprint density at radius 3 is 2.50 bits per heavy atom. The monoisotopic (exact) mass is 291 g/mol. The summed E-state index contributed by atoms with van der Waals surface area (Å²) in [5, 5.41) is 8.76. The van der Waals surface area contributed by atoms with Crippen LogP contribution in [0, 0.1) is 0 Å². The SMILES string of the molecule is O=C(O)N1CCC(c2ccccc2C(F)(F)F)CC1F. The van der Waals surface area contributed by atoms with E-state index in [-0.39, 0.29) is 24.9 Å². The molecule has 110 valence electrons. The van der Waals surface area contributed by atoms with Gasteiger partial charge in [-0.15, -0.1) is 0 Å². The fourth-order valence-corrected chi connectivity index (χ4v) is 2.52. The zero-order valence-corrected chi connectivity index (χ0v) is 10.4. The van der Waals surface area contributed by atoms with Gasteiger partial charge in [0.15, 0.2) is 6.30 Å². The molecule has 2 rings (SSSR count). The molecule has 2 unspecified atom stereocenters. The molecular formula is C13H13F4NO2. The zero-order chi connectivity index (χ0) is 14.9. The smallest absolute Gasteiger partial charge is 0.416 e. The summed E-state index contributed by atoms with van der Waals surface area (Å²) in [6.45, 7) is -0.104. The number of carboxylic acid groups (broad SMARTS) is 1. The summed E-state index contributed by atoms with van der Waals surface area (Å²) in [4.78, 5) is 11.4. The molecule has 3 nitrogen and oxygen atoms in total. The van der Waals surface area contributed by atoms with Crippen LogP contribution in [0.5, 0.6) is 0 Å². The molecule has 0 saturated carbocycles. The molecule has 1 fully saturated rings. The molecule has 0 aliphatic carbocycles. The fraction of sp³-hybridized carbons (Fsp3) is 0.462. The van der Waals surface area contributed by atoms with Gasteiger partial charge in [-0.2, -0.15) is 13.2 Å². The third-order valence-corrected chi connectivity index (χ3v) is 3.49. The van der Waals surface area contributed by atoms with E-state index in [4.69, 9.17) is 5.11 Å². The van der Waals surface area contributed by atoms with Crippen molar-refractivity contribution in [2.45, 2.75) is 31.2 Å². The Morgan fingerprint density at radius 1 is 1.30 bits per heavy atom. The molecule has 0 spiro atoms. The summed E-state index contributed by atoms with van der Waals surface area (Å²) >= 11 is 0. The number of likely N-dealkylation sites (tertiary alicyclic amines) is 1. The van der Waals surface area contributed by atoms with Crippen molar-refractivity contribution in [3.8, 4) is 0 Å². The molecular weight excluding hydrogens is 278 g/mol. The first-order chi connectivity index (χ1) is 9.30. The van der Waals surface area contributed by atoms with Gasteiger partial charge in [0, 0.05) is 13.0 Å². The minimum absolute atomic E-state index is 0.0349. The largest absolute Gasteiger partial charge is 0.465 e. The van der Waals surface area contributed by atoms with Gasteiger partial charge in [0.2, 0.25) is 0 Å². The number of hydrogen-bond donors (Lipinski definition) is 1. The second-order valence-corrected chi connectivity index (χ2v) is 4.72. The van der Waals surface area contributed by atoms with E-state index >= 15 is 0 Å². The molecule has 1 aliphatic rings. The number of carbonyl (C=O) groups is 1. The summed E-state index contributed by atoms with van der Waals surface area (Å²) in [5.41, 5.74) is -0.742. The van der Waals surface area contributed by atoms with Crippen LogP contribution in [-0.2, 0) is 6.18 Å². The maximum absolute atomic E-state index is 13.7. The second-order valence-electron chi connectivity index (χ2n) is 4.72. The lowest BCUT2D eigenvalue weighted by Crippen LogP contribution is -2.42. The molecule has 2 atom stereocenters. The second kappa shape index (κ2) is 5.30. The lowest BCUT2D eigenvalue weighted by atomic mass is 9.86. The van der Waals surface area contributed by atoms with Gasteiger partial charge in [-0.05, 0) is 24.0 Å². The standard InChI is InChI=1S/C13H13F4NO2/c14-11-7-8(5-6-18(11)12(19)20)9-3-1-2-4-10(9)13(15,16)17/h1-4,8,11H,5-7H2,(H,19,20). The van der Waals surface area contributed by atoms with Crippen molar-refractivity contribution >= 4 is 6.09 Å². The van der Waals surface area contributed by atoms with Gasteiger partial charge in [-0.1, -0.05) is 18.2 Å². The van der Waals surface area contributed by atoms with Gasteiger partial charge in [-0.3, -0.25) is 4.90 Å². The van der Waals surface area contributed by atoms with E-state index in [1.807, 2.05) is 0 Å². The Kier molecular flexibility index (Phi) is 3.87. The minimum atomic E-state index is -4.49. The summed E-state index contributed by atoms with van der Waals surface area (Å²) < 4.78 is 52.4. The van der Waals surface area contributed by atoms with Crippen molar-refractivity contribution in [1.29, 1.82) is 0 Å². The first kappa shape index (κ1) is 14.6. The molecule has 1 aromatic carbocycles. The number of nitrogens with zero attached hydrogens (tertiary/aromatic N) is 1. The zero-order valence-electron chi connectivity index (χ0n) is 10.4. The fourth-order valence-electron chi connectivity index (χ4n) is 2.52. The van der Waals surface area contributed by atoms with Crippen LogP contribution in [-0.4, -0.2) is 28.9 Å². The van der Waals surface area contributed by atoms with E-state index in [9.17, 15) is 22.4 Å². The highest BCUT2D eigenvalue weighted by atomic mass is 19.4. The number of halogens is 4. The van der Waals surface area contributed by atoms with E-state index in [0.29, 0.717) is 4.90 Å². The quantitative estimate of drug-likeness (QED) is 0.630. The molecule has 0 aromatic heterocycles. The number of hydrogen-bond acceptors (Lipinski definition) is 1. The average Bonchev–Trinajstić information content (AvgIpc) is 2.37. The third kappa shape index (κ3) is 2.86. The van der Waals surface area contributed by atoms with Gasteiger partial charge in [0.25, 0.3) is 0 Å². The van der Waals surface area contributed by atoms with Crippen LogP contribution in [0.3, 0.4) is 0 Å². The number of benzene rings is 1. The van der Waals surface area contributed by atoms with E-state index in [2.05, 4.69) is 0 Å². The molecule has 1 heterocycles. The maximum atomic E-state index is 13.7. The van der Waals surface area contributed by atoms with Crippen LogP contribution < -0.4 is 0 Å². The van der Waals surface area contributed by atoms with E-state index in [0.717, 1.165) is 6.07 Å². The number of alkyl halides is 4. The van der Waals surface area contributed by atoms with Gasteiger partial charge < -0.3 is 5.11 Å². The maximum Gasteiger partial charge on any atom is 0.416 e. The van der Waals surface area contributed by atoms with Crippen molar-refractivity contribution in [1.82, 2.24) is 4.90 Å². The molecule has 1 amide bonds. The molecule has 20 heavy (non-hydrogen) atoms. The van der Waals surface area contributed by atoms with Crippen LogP contribution in [0.1, 0.15) is 29.9 Å². The third-order valence-electron chi connectivity index (χ3n) is 3.49. The van der Waals surface area contributed by atoms with Gasteiger partial charge in [-0.25, -0.2) is 9.18 Å². The molecule has 0 bridgehead atoms. The van der Waals surface area contributed by atoms with Crippen molar-refractivity contribution in [3.63, 3.8) is 0 Å². The Hall–Kier alpha value is -1.79. The Morgan fingerprint density at radius 2 is 1.95 bits per heavy atom. The molecule has 1 aliphatic heterocycles. The predicted octanol–water partition coefficient (Wildman–Crippen LogP) is 3.86. The highest BCUT2D eigenvalue weighted by molar-refractivity contribution is 5.65. The van der Waals surface area contributed by atoms with E-state index < -0.39 is 30.0 Å². The van der Waals surface area contributed by atoms with Crippen molar-refractivity contribution in [2.24, 2.45) is 0 Å². The van der Waals surface area contributed by atoms with Crippen molar-refractivity contribution < 1.29 is 27.5 Å². The number of rotatable bonds is 1.